The van der Waals surface area contributed by atoms with Gasteiger partial charge in [-0.15, -0.1) is 33.4 Å². The molecule has 0 fully saturated rings. The van der Waals surface area contributed by atoms with Crippen molar-refractivity contribution >= 4 is 0 Å². The van der Waals surface area contributed by atoms with E-state index >= 15 is 0 Å². The van der Waals surface area contributed by atoms with Gasteiger partial charge < -0.3 is 24.8 Å². The summed E-state index contributed by atoms with van der Waals surface area (Å²) >= 11 is 0. The molecule has 0 bridgehead atoms. The van der Waals surface area contributed by atoms with Crippen molar-refractivity contribution in [3.63, 3.8) is 0 Å². The Hall–Kier alpha value is -0.774. The molecular weight excluding hydrogens is 806 g/mol. The Bertz CT molecular complexity index is 1580. The molecule has 2 aliphatic rings. The number of rotatable bonds is 0. The van der Waals surface area contributed by atoms with Crippen molar-refractivity contribution in [2.24, 2.45) is 0 Å². The SMILES string of the molecule is Cc1[c-]c2c(cc1C(C)(C)C)-c1cc(C(C)(C)C)c(C)cc1C2.Cc1[c-]c2c(cc1C(C)(C)C)-c1cc(C(C)(C)C)c(C)cc1C2.[Cl-].[Cl-].[Zr+2].[Zr+2]. The van der Waals surface area contributed by atoms with E-state index in [1.165, 1.54) is 89.0 Å². The van der Waals surface area contributed by atoms with Crippen molar-refractivity contribution in [2.45, 2.75) is 145 Å². The van der Waals surface area contributed by atoms with E-state index in [-0.39, 0.29) is 98.9 Å². The van der Waals surface area contributed by atoms with Crippen molar-refractivity contribution in [2.75, 3.05) is 0 Å². The summed E-state index contributed by atoms with van der Waals surface area (Å²) in [5.41, 5.74) is 23.2. The minimum absolute atomic E-state index is 0. The molecule has 6 rings (SSSR count). The van der Waals surface area contributed by atoms with Crippen LogP contribution in [0.4, 0.5) is 0 Å². The quantitative estimate of drug-likeness (QED) is 0.152. The van der Waals surface area contributed by atoms with Crippen LogP contribution < -0.4 is 24.8 Å². The second-order valence-electron chi connectivity index (χ2n) is 18.4. The van der Waals surface area contributed by atoms with Crippen LogP contribution in [0.2, 0.25) is 0 Å². The summed E-state index contributed by atoms with van der Waals surface area (Å²) in [6, 6.07) is 21.9. The summed E-state index contributed by atoms with van der Waals surface area (Å²) in [4.78, 5) is 0. The monoisotopic (exact) mass is 860 g/mol. The van der Waals surface area contributed by atoms with Crippen molar-refractivity contribution < 1.29 is 77.2 Å². The largest absolute Gasteiger partial charge is 2.00 e. The van der Waals surface area contributed by atoms with Gasteiger partial charge in [0.15, 0.2) is 0 Å². The first kappa shape index (κ1) is 47.2. The molecule has 0 aromatic heterocycles. The van der Waals surface area contributed by atoms with E-state index in [1.54, 1.807) is 0 Å². The van der Waals surface area contributed by atoms with E-state index in [4.69, 9.17) is 0 Å². The molecule has 0 spiro atoms. The predicted molar refractivity (Wildman–Crippen MR) is 201 cm³/mol. The second kappa shape index (κ2) is 16.3. The van der Waals surface area contributed by atoms with E-state index in [0.717, 1.165) is 12.8 Å². The molecular formula is C46H58Cl2Zr2. The van der Waals surface area contributed by atoms with Crippen LogP contribution in [0.1, 0.15) is 150 Å². The van der Waals surface area contributed by atoms with Crippen LogP contribution in [0, 0.1) is 39.8 Å². The molecule has 2 aliphatic carbocycles. The summed E-state index contributed by atoms with van der Waals surface area (Å²) < 4.78 is 0. The molecule has 0 atom stereocenters. The zero-order valence-electron chi connectivity index (χ0n) is 33.6. The molecule has 0 nitrogen and oxygen atoms in total. The van der Waals surface area contributed by atoms with E-state index in [0.29, 0.717) is 0 Å². The maximum Gasteiger partial charge on any atom is 2.00 e. The summed E-state index contributed by atoms with van der Waals surface area (Å²) in [6.45, 7) is 36.5. The Morgan fingerprint density at radius 1 is 0.400 bits per heavy atom. The van der Waals surface area contributed by atoms with E-state index in [2.05, 4.69) is 159 Å². The third-order valence-electron chi connectivity index (χ3n) is 10.2. The van der Waals surface area contributed by atoms with Crippen LogP contribution in [0.15, 0.2) is 36.4 Å². The summed E-state index contributed by atoms with van der Waals surface area (Å²) in [5, 5.41) is 0. The van der Waals surface area contributed by atoms with Gasteiger partial charge in [0.1, 0.15) is 0 Å². The molecule has 0 unspecified atom stereocenters. The predicted octanol–water partition coefficient (Wildman–Crippen LogP) is 6.54. The first-order chi connectivity index (χ1) is 21.0. The number of halogens is 2. The molecule has 4 aromatic rings. The van der Waals surface area contributed by atoms with Crippen molar-refractivity contribution in [3.8, 4) is 22.3 Å². The Balaban J connectivity index is 0.000000463. The minimum atomic E-state index is 0. The second-order valence-corrected chi connectivity index (χ2v) is 18.4. The van der Waals surface area contributed by atoms with Gasteiger partial charge in [-0.25, -0.2) is 0 Å². The average molecular weight is 864 g/mol. The zero-order valence-corrected chi connectivity index (χ0v) is 40.1. The average Bonchev–Trinajstić information content (AvgIpc) is 3.39. The van der Waals surface area contributed by atoms with Gasteiger partial charge in [0, 0.05) is 0 Å². The fraction of sp³-hybridized carbons (Fsp3) is 0.478. The molecule has 50 heavy (non-hydrogen) atoms. The maximum atomic E-state index is 3.69. The maximum absolute atomic E-state index is 3.69. The molecule has 0 aliphatic heterocycles. The van der Waals surface area contributed by atoms with E-state index in [1.807, 2.05) is 0 Å². The number of aryl methyl sites for hydroxylation is 4. The van der Waals surface area contributed by atoms with Gasteiger partial charge in [0.05, 0.1) is 0 Å². The Morgan fingerprint density at radius 2 is 0.660 bits per heavy atom. The van der Waals surface area contributed by atoms with E-state index < -0.39 is 0 Å². The molecule has 264 valence electrons. The van der Waals surface area contributed by atoms with Crippen LogP contribution in [0.3, 0.4) is 0 Å². The van der Waals surface area contributed by atoms with Crippen LogP contribution >= 0.6 is 0 Å². The van der Waals surface area contributed by atoms with E-state index in [9.17, 15) is 0 Å². The van der Waals surface area contributed by atoms with Gasteiger partial charge >= 0.3 is 52.4 Å². The minimum Gasteiger partial charge on any atom is -1.00 e. The molecule has 0 amide bonds. The summed E-state index contributed by atoms with van der Waals surface area (Å²) in [6.07, 6.45) is 2.06. The summed E-state index contributed by atoms with van der Waals surface area (Å²) in [7, 11) is 0. The Morgan fingerprint density at radius 3 is 0.920 bits per heavy atom. The van der Waals surface area contributed by atoms with Crippen molar-refractivity contribution in [1.29, 1.82) is 0 Å². The fourth-order valence-corrected chi connectivity index (χ4v) is 8.05. The van der Waals surface area contributed by atoms with Gasteiger partial charge in [-0.3, -0.25) is 0 Å². The normalized spacial score (nSPS) is 12.8. The third-order valence-corrected chi connectivity index (χ3v) is 10.2. The fourth-order valence-electron chi connectivity index (χ4n) is 8.05. The zero-order chi connectivity index (χ0) is 34.3. The Labute approximate surface area is 356 Å². The number of hydrogen-bond acceptors (Lipinski definition) is 0. The van der Waals surface area contributed by atoms with Gasteiger partial charge in [-0.2, -0.15) is 35.4 Å². The first-order valence-electron chi connectivity index (χ1n) is 17.4. The molecule has 0 heterocycles. The standard InChI is InChI=1S/2C23H29.2ClH.2Zr/c2*1-14-9-16-11-17-10-15(2)21(23(6,7)8)13-19(17)18(16)12-20(14)22(3,4)5;;;;/h2*9,12-13H,11H2,1-8H3;2*1H;;/q2*-1;;;2*+2/p-2. The number of fused-ring (bicyclic) bond motifs is 6. The Kier molecular flexibility index (Phi) is 15.4. The van der Waals surface area contributed by atoms with Crippen molar-refractivity contribution in [1.82, 2.24) is 0 Å². The van der Waals surface area contributed by atoms with Crippen LogP contribution in [-0.2, 0) is 86.9 Å². The molecule has 0 N–H and O–H groups in total. The smallest absolute Gasteiger partial charge is 1.00 e. The van der Waals surface area contributed by atoms with Crippen LogP contribution in [0.5, 0.6) is 0 Å². The van der Waals surface area contributed by atoms with Crippen LogP contribution in [-0.4, -0.2) is 0 Å². The third kappa shape index (κ3) is 9.47. The van der Waals surface area contributed by atoms with Gasteiger partial charge in [0.25, 0.3) is 0 Å². The molecule has 0 saturated carbocycles. The van der Waals surface area contributed by atoms with Crippen LogP contribution in [0.25, 0.3) is 22.3 Å². The molecule has 0 radical (unpaired) electrons. The first-order valence-corrected chi connectivity index (χ1v) is 17.4. The summed E-state index contributed by atoms with van der Waals surface area (Å²) in [5.74, 6) is 0. The topological polar surface area (TPSA) is 0 Å². The van der Waals surface area contributed by atoms with Crippen molar-refractivity contribution in [3.05, 3.63) is 115 Å². The molecule has 4 aromatic carbocycles. The molecule has 4 heteroatoms. The van der Waals surface area contributed by atoms with Gasteiger partial charge in [0.2, 0.25) is 0 Å². The number of benzene rings is 4. The van der Waals surface area contributed by atoms with Gasteiger partial charge in [-0.05, 0) is 70.9 Å². The number of hydrogen-bond donors (Lipinski definition) is 0. The van der Waals surface area contributed by atoms with Gasteiger partial charge in [-0.1, -0.05) is 143 Å². The molecule has 0 saturated heterocycles.